The smallest absolute Gasteiger partial charge is 0.406 e. The van der Waals surface area contributed by atoms with Gasteiger partial charge in [-0.3, -0.25) is 4.79 Å². The van der Waals surface area contributed by atoms with Crippen molar-refractivity contribution in [3.05, 3.63) is 29.8 Å². The summed E-state index contributed by atoms with van der Waals surface area (Å²) in [6, 6.07) is 5.15. The van der Waals surface area contributed by atoms with Crippen molar-refractivity contribution in [2.45, 2.75) is 19.3 Å². The van der Waals surface area contributed by atoms with Gasteiger partial charge >= 0.3 is 6.36 Å². The van der Waals surface area contributed by atoms with Crippen molar-refractivity contribution in [1.29, 1.82) is 0 Å². The van der Waals surface area contributed by atoms with Crippen LogP contribution in [-0.2, 0) is 0 Å². The van der Waals surface area contributed by atoms with Crippen molar-refractivity contribution in [2.75, 3.05) is 19.6 Å². The number of carbonyl (C=O) groups excluding carboxylic acids is 1. The van der Waals surface area contributed by atoms with Crippen molar-refractivity contribution in [3.63, 3.8) is 0 Å². The molecule has 1 N–H and O–H groups in total. The molecule has 0 aromatic heterocycles. The maximum atomic E-state index is 12.3. The van der Waals surface area contributed by atoms with Crippen LogP contribution in [0.5, 0.6) is 5.75 Å². The molecule has 0 saturated carbocycles. The van der Waals surface area contributed by atoms with Gasteiger partial charge in [0.25, 0.3) is 5.91 Å². The minimum atomic E-state index is -4.76. The highest BCUT2D eigenvalue weighted by atomic mass is 19.4. The Morgan fingerprint density at radius 3 is 2.85 bits per heavy atom. The van der Waals surface area contributed by atoms with Crippen molar-refractivity contribution in [3.8, 4) is 5.75 Å². The lowest BCUT2D eigenvalue weighted by Gasteiger charge is -2.34. The summed E-state index contributed by atoms with van der Waals surface area (Å²) < 4.78 is 40.3. The van der Waals surface area contributed by atoms with Crippen molar-refractivity contribution >= 4 is 5.91 Å². The van der Waals surface area contributed by atoms with E-state index in [0.717, 1.165) is 6.07 Å². The second-order valence-electron chi connectivity index (χ2n) is 4.63. The first-order valence-corrected chi connectivity index (χ1v) is 6.24. The Balaban J connectivity index is 2.15. The van der Waals surface area contributed by atoms with Gasteiger partial charge in [0.1, 0.15) is 5.75 Å². The minimum Gasteiger partial charge on any atom is -0.406 e. The molecule has 0 radical (unpaired) electrons. The molecule has 110 valence electrons. The van der Waals surface area contributed by atoms with E-state index < -0.39 is 6.36 Å². The molecule has 4 nitrogen and oxygen atoms in total. The highest BCUT2D eigenvalue weighted by molar-refractivity contribution is 5.94. The Bertz CT molecular complexity index is 491. The number of hydrogen-bond acceptors (Lipinski definition) is 3. The molecule has 0 spiro atoms. The van der Waals surface area contributed by atoms with Crippen LogP contribution >= 0.6 is 0 Å². The van der Waals surface area contributed by atoms with Gasteiger partial charge in [-0.25, -0.2) is 0 Å². The van der Waals surface area contributed by atoms with Gasteiger partial charge < -0.3 is 15.0 Å². The predicted octanol–water partition coefficient (Wildman–Crippen LogP) is 2.02. The van der Waals surface area contributed by atoms with E-state index in [1.54, 1.807) is 4.90 Å². The molecule has 1 heterocycles. The summed E-state index contributed by atoms with van der Waals surface area (Å²) in [5, 5.41) is 3.15. The maximum absolute atomic E-state index is 12.3. The average Bonchev–Trinajstić information content (AvgIpc) is 2.37. The molecule has 1 aliphatic rings. The number of ether oxygens (including phenoxy) is 1. The summed E-state index contributed by atoms with van der Waals surface area (Å²) in [5.74, 6) is -0.669. The Hall–Kier alpha value is -1.76. The zero-order valence-corrected chi connectivity index (χ0v) is 10.9. The van der Waals surface area contributed by atoms with Crippen molar-refractivity contribution in [1.82, 2.24) is 10.2 Å². The number of benzene rings is 1. The molecule has 20 heavy (non-hydrogen) atoms. The topological polar surface area (TPSA) is 41.6 Å². The average molecular weight is 288 g/mol. The lowest BCUT2D eigenvalue weighted by atomic mass is 10.1. The predicted molar refractivity (Wildman–Crippen MR) is 66.5 cm³/mol. The molecule has 0 bridgehead atoms. The first-order valence-electron chi connectivity index (χ1n) is 6.24. The molecule has 1 atom stereocenters. The molecule has 1 unspecified atom stereocenters. The van der Waals surface area contributed by atoms with Crippen molar-refractivity contribution < 1.29 is 22.7 Å². The van der Waals surface area contributed by atoms with Crippen LogP contribution < -0.4 is 10.1 Å². The highest BCUT2D eigenvalue weighted by Gasteiger charge is 2.31. The van der Waals surface area contributed by atoms with E-state index in [9.17, 15) is 18.0 Å². The van der Waals surface area contributed by atoms with Gasteiger partial charge in [0.2, 0.25) is 0 Å². The number of rotatable bonds is 2. The number of nitrogens with zero attached hydrogens (tertiary/aromatic N) is 1. The fourth-order valence-electron chi connectivity index (χ4n) is 2.13. The summed E-state index contributed by atoms with van der Waals surface area (Å²) in [6.45, 7) is 3.77. The molecular formula is C13H15F3N2O2. The van der Waals surface area contributed by atoms with E-state index >= 15 is 0 Å². The summed E-state index contributed by atoms with van der Waals surface area (Å²) in [7, 11) is 0. The molecule has 0 aliphatic carbocycles. The second-order valence-corrected chi connectivity index (χ2v) is 4.63. The van der Waals surface area contributed by atoms with Crippen LogP contribution in [0, 0.1) is 0 Å². The van der Waals surface area contributed by atoms with E-state index in [1.165, 1.54) is 18.2 Å². The minimum absolute atomic E-state index is 0.00319. The van der Waals surface area contributed by atoms with Gasteiger partial charge in [-0.2, -0.15) is 0 Å². The van der Waals surface area contributed by atoms with Gasteiger partial charge in [-0.1, -0.05) is 6.07 Å². The third kappa shape index (κ3) is 3.63. The highest BCUT2D eigenvalue weighted by Crippen LogP contribution is 2.24. The lowest BCUT2D eigenvalue weighted by Crippen LogP contribution is -2.52. The lowest BCUT2D eigenvalue weighted by molar-refractivity contribution is -0.274. The zero-order valence-electron chi connectivity index (χ0n) is 10.9. The Labute approximate surface area is 114 Å². The SMILES string of the molecule is CC1CNCCN1C(=O)c1cccc(OC(F)(F)F)c1. The number of piperazine rings is 1. The second kappa shape index (κ2) is 5.70. The molecule has 1 aromatic carbocycles. The normalized spacial score (nSPS) is 19.8. The fraction of sp³-hybridized carbons (Fsp3) is 0.462. The van der Waals surface area contributed by atoms with E-state index in [2.05, 4.69) is 10.1 Å². The van der Waals surface area contributed by atoms with Gasteiger partial charge in [-0.05, 0) is 25.1 Å². The first kappa shape index (κ1) is 14.6. The van der Waals surface area contributed by atoms with Crippen LogP contribution in [0.2, 0.25) is 0 Å². The van der Waals surface area contributed by atoms with Crippen LogP contribution in [0.1, 0.15) is 17.3 Å². The van der Waals surface area contributed by atoms with E-state index in [0.29, 0.717) is 19.6 Å². The summed E-state index contributed by atoms with van der Waals surface area (Å²) in [4.78, 5) is 13.9. The number of carbonyl (C=O) groups is 1. The number of amides is 1. The third-order valence-electron chi connectivity index (χ3n) is 3.08. The number of halogens is 3. The summed E-state index contributed by atoms with van der Waals surface area (Å²) >= 11 is 0. The molecule has 1 amide bonds. The molecule has 1 saturated heterocycles. The van der Waals surface area contributed by atoms with Crippen LogP contribution in [0.25, 0.3) is 0 Å². The maximum Gasteiger partial charge on any atom is 0.573 e. The van der Waals surface area contributed by atoms with Crippen molar-refractivity contribution in [2.24, 2.45) is 0 Å². The standard InChI is InChI=1S/C13H15F3N2O2/c1-9-8-17-5-6-18(9)12(19)10-3-2-4-11(7-10)20-13(14,15)16/h2-4,7,9,17H,5-6,8H2,1H3. The quantitative estimate of drug-likeness (QED) is 0.905. The molecule has 1 fully saturated rings. The first-order chi connectivity index (χ1) is 9.37. The Morgan fingerprint density at radius 2 is 2.20 bits per heavy atom. The van der Waals surface area contributed by atoms with Crippen LogP contribution in [0.3, 0.4) is 0 Å². The fourth-order valence-corrected chi connectivity index (χ4v) is 2.13. The van der Waals surface area contributed by atoms with Gasteiger partial charge in [-0.15, -0.1) is 13.2 Å². The number of nitrogens with one attached hydrogen (secondary N) is 1. The molecule has 1 aromatic rings. The number of alkyl halides is 3. The Kier molecular flexibility index (Phi) is 4.17. The molecular weight excluding hydrogens is 273 g/mol. The zero-order chi connectivity index (χ0) is 14.8. The number of hydrogen-bond donors (Lipinski definition) is 1. The largest absolute Gasteiger partial charge is 0.573 e. The molecule has 7 heteroatoms. The van der Waals surface area contributed by atoms with Gasteiger partial charge in [0, 0.05) is 31.2 Å². The van der Waals surface area contributed by atoms with E-state index in [4.69, 9.17) is 0 Å². The van der Waals surface area contributed by atoms with Gasteiger partial charge in [0.15, 0.2) is 0 Å². The monoisotopic (exact) mass is 288 g/mol. The summed E-state index contributed by atoms with van der Waals surface area (Å²) in [5.41, 5.74) is 0.195. The molecule has 1 aliphatic heterocycles. The summed E-state index contributed by atoms with van der Waals surface area (Å²) in [6.07, 6.45) is -4.76. The van der Waals surface area contributed by atoms with Gasteiger partial charge in [0.05, 0.1) is 0 Å². The Morgan fingerprint density at radius 1 is 1.45 bits per heavy atom. The molecule has 2 rings (SSSR count). The van der Waals surface area contributed by atoms with Crippen LogP contribution in [-0.4, -0.2) is 42.8 Å². The van der Waals surface area contributed by atoms with Crippen LogP contribution in [0.15, 0.2) is 24.3 Å². The van der Waals surface area contributed by atoms with Crippen LogP contribution in [0.4, 0.5) is 13.2 Å². The van der Waals surface area contributed by atoms with E-state index in [-0.39, 0.29) is 23.3 Å². The third-order valence-corrected chi connectivity index (χ3v) is 3.08. The van der Waals surface area contributed by atoms with E-state index in [1.807, 2.05) is 6.92 Å².